The third kappa shape index (κ3) is 4.22. The maximum absolute atomic E-state index is 13.8. The van der Waals surface area contributed by atoms with Crippen LogP contribution < -0.4 is 20.3 Å². The van der Waals surface area contributed by atoms with Gasteiger partial charge in [-0.2, -0.15) is 0 Å². The lowest BCUT2D eigenvalue weighted by atomic mass is 10.2. The van der Waals surface area contributed by atoms with Crippen molar-refractivity contribution in [2.75, 3.05) is 32.1 Å². The van der Waals surface area contributed by atoms with E-state index in [1.807, 2.05) is 19.9 Å². The van der Waals surface area contributed by atoms with Crippen molar-refractivity contribution in [1.82, 2.24) is 20.6 Å². The summed E-state index contributed by atoms with van der Waals surface area (Å²) in [5.74, 6) is 0.581. The van der Waals surface area contributed by atoms with Gasteiger partial charge in [-0.05, 0) is 38.0 Å². The van der Waals surface area contributed by atoms with Crippen LogP contribution in [0.4, 0.5) is 10.2 Å². The summed E-state index contributed by atoms with van der Waals surface area (Å²) in [5.41, 5.74) is 2.65. The van der Waals surface area contributed by atoms with Gasteiger partial charge in [-0.25, -0.2) is 14.4 Å². The monoisotopic (exact) mass is 387 g/mol. The molecule has 1 saturated heterocycles. The maximum Gasteiger partial charge on any atom is 0.288 e. The fourth-order valence-electron chi connectivity index (χ4n) is 3.34. The van der Waals surface area contributed by atoms with Crippen LogP contribution in [0.1, 0.15) is 33.9 Å². The van der Waals surface area contributed by atoms with Gasteiger partial charge in [0.2, 0.25) is 5.82 Å². The average Bonchev–Trinajstić information content (AvgIpc) is 3.16. The Morgan fingerprint density at radius 3 is 2.82 bits per heavy atom. The third-order valence-electron chi connectivity index (χ3n) is 5.09. The molecule has 1 aliphatic heterocycles. The number of benzene rings is 1. The van der Waals surface area contributed by atoms with Gasteiger partial charge in [0.15, 0.2) is 11.6 Å². The topological polar surface area (TPSA) is 79.4 Å². The molecular formula is C20H26FN5O2. The zero-order valence-corrected chi connectivity index (χ0v) is 16.7. The highest BCUT2D eigenvalue weighted by atomic mass is 19.1. The van der Waals surface area contributed by atoms with E-state index >= 15 is 0 Å². The number of methoxy groups -OCH3 is 1. The van der Waals surface area contributed by atoms with Crippen LogP contribution in [0.3, 0.4) is 0 Å². The highest BCUT2D eigenvalue weighted by molar-refractivity contribution is 5.90. The molecule has 0 spiro atoms. The summed E-state index contributed by atoms with van der Waals surface area (Å²) in [6.45, 7) is 6.03. The number of anilines is 1. The van der Waals surface area contributed by atoms with Crippen LogP contribution >= 0.6 is 0 Å². The van der Waals surface area contributed by atoms with E-state index in [0.29, 0.717) is 6.54 Å². The van der Waals surface area contributed by atoms with E-state index in [4.69, 9.17) is 4.74 Å². The van der Waals surface area contributed by atoms with Gasteiger partial charge in [0, 0.05) is 44.0 Å². The van der Waals surface area contributed by atoms with E-state index in [-0.39, 0.29) is 29.3 Å². The lowest BCUT2D eigenvalue weighted by Crippen LogP contribution is -2.33. The van der Waals surface area contributed by atoms with Crippen LogP contribution in [0.2, 0.25) is 0 Å². The second-order valence-electron chi connectivity index (χ2n) is 6.94. The molecule has 0 bridgehead atoms. The Bertz CT molecular complexity index is 874. The van der Waals surface area contributed by atoms with E-state index < -0.39 is 0 Å². The van der Waals surface area contributed by atoms with E-state index in [1.165, 1.54) is 13.2 Å². The summed E-state index contributed by atoms with van der Waals surface area (Å²) in [7, 11) is 3.02. The van der Waals surface area contributed by atoms with E-state index in [1.54, 1.807) is 13.1 Å². The Hall–Kier alpha value is -2.74. The van der Waals surface area contributed by atoms with E-state index in [2.05, 4.69) is 25.5 Å². The molecular weight excluding hydrogens is 361 g/mol. The summed E-state index contributed by atoms with van der Waals surface area (Å²) in [6.07, 6.45) is 0.941. The van der Waals surface area contributed by atoms with Crippen molar-refractivity contribution < 1.29 is 13.9 Å². The number of carbonyl (C=O) groups is 1. The van der Waals surface area contributed by atoms with Gasteiger partial charge in [0.1, 0.15) is 5.82 Å². The maximum atomic E-state index is 13.8. The first-order valence-electron chi connectivity index (χ1n) is 9.31. The second-order valence-corrected chi connectivity index (χ2v) is 6.94. The molecule has 2 heterocycles. The molecule has 0 saturated carbocycles. The number of ether oxygens (including phenoxy) is 1. The van der Waals surface area contributed by atoms with Gasteiger partial charge in [0.05, 0.1) is 7.11 Å². The molecule has 2 aromatic rings. The van der Waals surface area contributed by atoms with E-state index in [0.717, 1.165) is 42.1 Å². The third-order valence-corrected chi connectivity index (χ3v) is 5.09. The minimum atomic E-state index is -0.358. The van der Waals surface area contributed by atoms with Crippen LogP contribution in [0.15, 0.2) is 18.2 Å². The van der Waals surface area contributed by atoms with Gasteiger partial charge in [-0.1, -0.05) is 6.07 Å². The smallest absolute Gasteiger partial charge is 0.288 e. The SMILES string of the molecule is CNC(=O)c1nc(C)c(C)c(N2CC[C@@H](NCc3ccc(OC)c(F)c3)C2)n1. The molecule has 150 valence electrons. The van der Waals surface area contributed by atoms with Gasteiger partial charge in [-0.3, -0.25) is 4.79 Å². The molecule has 0 radical (unpaired) electrons. The van der Waals surface area contributed by atoms with Crippen molar-refractivity contribution in [3.05, 3.63) is 46.7 Å². The van der Waals surface area contributed by atoms with Gasteiger partial charge < -0.3 is 20.3 Å². The zero-order valence-electron chi connectivity index (χ0n) is 16.7. The summed E-state index contributed by atoms with van der Waals surface area (Å²) >= 11 is 0. The molecule has 0 unspecified atom stereocenters. The number of hydrogen-bond donors (Lipinski definition) is 2. The Morgan fingerprint density at radius 1 is 1.36 bits per heavy atom. The number of carbonyl (C=O) groups excluding carboxylic acids is 1. The van der Waals surface area contributed by atoms with Crippen molar-refractivity contribution in [3.8, 4) is 5.75 Å². The van der Waals surface area contributed by atoms with Gasteiger partial charge in [-0.15, -0.1) is 0 Å². The van der Waals surface area contributed by atoms with Gasteiger partial charge >= 0.3 is 0 Å². The predicted molar refractivity (Wildman–Crippen MR) is 105 cm³/mol. The van der Waals surface area contributed by atoms with Crippen molar-refractivity contribution in [2.24, 2.45) is 0 Å². The minimum absolute atomic E-state index is 0.186. The number of hydrogen-bond acceptors (Lipinski definition) is 6. The molecule has 3 rings (SSSR count). The molecule has 8 heteroatoms. The van der Waals surface area contributed by atoms with Crippen molar-refractivity contribution in [2.45, 2.75) is 32.9 Å². The number of rotatable bonds is 6. The number of nitrogens with one attached hydrogen (secondary N) is 2. The quantitative estimate of drug-likeness (QED) is 0.789. The summed E-state index contributed by atoms with van der Waals surface area (Å²) in [6, 6.07) is 5.24. The average molecular weight is 387 g/mol. The molecule has 2 N–H and O–H groups in total. The summed E-state index contributed by atoms with van der Waals surface area (Å²) < 4.78 is 18.8. The molecule has 0 aliphatic carbocycles. The van der Waals surface area contributed by atoms with Crippen LogP contribution in [-0.2, 0) is 6.54 Å². The fraction of sp³-hybridized carbons (Fsp3) is 0.450. The highest BCUT2D eigenvalue weighted by Crippen LogP contribution is 2.24. The first kappa shape index (κ1) is 20.0. The predicted octanol–water partition coefficient (Wildman–Crippen LogP) is 1.97. The number of amides is 1. The van der Waals surface area contributed by atoms with Crippen LogP contribution in [0.5, 0.6) is 5.75 Å². The Labute approximate surface area is 164 Å². The molecule has 1 atom stereocenters. The van der Waals surface area contributed by atoms with Crippen LogP contribution in [-0.4, -0.2) is 49.2 Å². The lowest BCUT2D eigenvalue weighted by molar-refractivity contribution is 0.0952. The molecule has 1 fully saturated rings. The summed E-state index contributed by atoms with van der Waals surface area (Å²) in [5, 5.41) is 6.04. The molecule has 28 heavy (non-hydrogen) atoms. The highest BCUT2D eigenvalue weighted by Gasteiger charge is 2.26. The first-order valence-corrected chi connectivity index (χ1v) is 9.31. The van der Waals surface area contributed by atoms with Crippen LogP contribution in [0, 0.1) is 19.7 Å². The minimum Gasteiger partial charge on any atom is -0.494 e. The first-order chi connectivity index (χ1) is 13.4. The number of nitrogens with zero attached hydrogens (tertiary/aromatic N) is 3. The lowest BCUT2D eigenvalue weighted by Gasteiger charge is -2.21. The Kier molecular flexibility index (Phi) is 6.08. The largest absolute Gasteiger partial charge is 0.494 e. The molecule has 1 aromatic carbocycles. The standard InChI is InChI=1S/C20H26FN5O2/c1-12-13(2)24-18(20(27)22-3)25-19(12)26-8-7-15(11-26)23-10-14-5-6-17(28-4)16(21)9-14/h5-6,9,15,23H,7-8,10-11H2,1-4H3,(H,22,27)/t15-/m1/s1. The van der Waals surface area contributed by atoms with Crippen molar-refractivity contribution in [3.63, 3.8) is 0 Å². The molecule has 1 aliphatic rings. The van der Waals surface area contributed by atoms with E-state index in [9.17, 15) is 9.18 Å². The van der Waals surface area contributed by atoms with Gasteiger partial charge in [0.25, 0.3) is 5.91 Å². The Morgan fingerprint density at radius 2 is 2.14 bits per heavy atom. The fourth-order valence-corrected chi connectivity index (χ4v) is 3.34. The molecule has 1 amide bonds. The van der Waals surface area contributed by atoms with Crippen molar-refractivity contribution in [1.29, 1.82) is 0 Å². The normalized spacial score (nSPS) is 16.3. The summed E-state index contributed by atoms with van der Waals surface area (Å²) in [4.78, 5) is 22.9. The Balaban J connectivity index is 1.66. The molecule has 7 nitrogen and oxygen atoms in total. The number of aryl methyl sites for hydroxylation is 1. The number of halogens is 1. The zero-order chi connectivity index (χ0) is 20.3. The molecule has 1 aromatic heterocycles. The number of aromatic nitrogens is 2. The van der Waals surface area contributed by atoms with Crippen molar-refractivity contribution >= 4 is 11.7 Å². The second kappa shape index (κ2) is 8.52. The van der Waals surface area contributed by atoms with Crippen LogP contribution in [0.25, 0.3) is 0 Å².